The molecule has 1 fully saturated rings. The molecule has 2 nitrogen and oxygen atoms in total. The first-order chi connectivity index (χ1) is 6.79. The normalized spacial score (nSPS) is 18.4. The number of benzene rings is 1. The lowest BCUT2D eigenvalue weighted by Gasteiger charge is -2.25. The predicted octanol–water partition coefficient (Wildman–Crippen LogP) is 2.74. The van der Waals surface area contributed by atoms with Crippen LogP contribution < -0.4 is 0 Å². The van der Waals surface area contributed by atoms with Gasteiger partial charge in [0, 0.05) is 5.56 Å². The Morgan fingerprint density at radius 2 is 1.86 bits per heavy atom. The summed E-state index contributed by atoms with van der Waals surface area (Å²) in [5.41, 5.74) is 3.74. The predicted molar refractivity (Wildman–Crippen MR) is 55.2 cm³/mol. The first-order valence-electron chi connectivity index (χ1n) is 5.08. The maximum Gasteiger partial charge on any atom is 0.184 e. The lowest BCUT2D eigenvalue weighted by Crippen LogP contribution is -2.18. The minimum atomic E-state index is -0.149. The molecule has 1 aliphatic rings. The molecule has 0 amide bonds. The van der Waals surface area contributed by atoms with Crippen molar-refractivity contribution < 1.29 is 9.47 Å². The highest BCUT2D eigenvalue weighted by atomic mass is 16.7. The van der Waals surface area contributed by atoms with E-state index in [9.17, 15) is 0 Å². The van der Waals surface area contributed by atoms with E-state index in [0.29, 0.717) is 0 Å². The molecule has 1 aromatic carbocycles. The summed E-state index contributed by atoms with van der Waals surface area (Å²) in [5.74, 6) is 0. The molecule has 76 valence electrons. The van der Waals surface area contributed by atoms with Gasteiger partial charge in [0.2, 0.25) is 0 Å². The average molecular weight is 192 g/mol. The summed E-state index contributed by atoms with van der Waals surface area (Å²) in [6, 6.07) is 6.25. The second kappa shape index (κ2) is 4.11. The highest BCUT2D eigenvalue weighted by Gasteiger charge is 2.18. The summed E-state index contributed by atoms with van der Waals surface area (Å²) in [6.07, 6.45) is 0.852. The Morgan fingerprint density at radius 3 is 2.57 bits per heavy atom. The Balaban J connectivity index is 2.26. The van der Waals surface area contributed by atoms with Crippen molar-refractivity contribution in [1.29, 1.82) is 0 Å². The van der Waals surface area contributed by atoms with Gasteiger partial charge in [0.1, 0.15) is 0 Å². The maximum absolute atomic E-state index is 5.58. The lowest BCUT2D eigenvalue weighted by molar-refractivity contribution is -0.183. The Bertz CT molecular complexity index is 314. The van der Waals surface area contributed by atoms with Crippen molar-refractivity contribution in [3.8, 4) is 0 Å². The highest BCUT2D eigenvalue weighted by molar-refractivity contribution is 5.33. The number of hydrogen-bond donors (Lipinski definition) is 0. The van der Waals surface area contributed by atoms with Crippen molar-refractivity contribution in [3.05, 3.63) is 34.9 Å². The van der Waals surface area contributed by atoms with Crippen LogP contribution in [0.2, 0.25) is 0 Å². The number of hydrogen-bond acceptors (Lipinski definition) is 2. The summed E-state index contributed by atoms with van der Waals surface area (Å²) in [5, 5.41) is 0. The Kier molecular flexibility index (Phi) is 2.85. The molecule has 1 aliphatic heterocycles. The standard InChI is InChI=1S/C12H16O2/c1-9-5-3-6-11(10(9)2)12-13-7-4-8-14-12/h3,5-6,12H,4,7-8H2,1-2H3. The third-order valence-corrected chi connectivity index (χ3v) is 2.73. The minimum Gasteiger partial charge on any atom is -0.348 e. The van der Waals surface area contributed by atoms with Crippen LogP contribution in [0.1, 0.15) is 29.4 Å². The van der Waals surface area contributed by atoms with E-state index in [1.54, 1.807) is 0 Å². The van der Waals surface area contributed by atoms with Crippen LogP contribution in [-0.2, 0) is 9.47 Å². The fourth-order valence-electron chi connectivity index (χ4n) is 1.70. The van der Waals surface area contributed by atoms with Gasteiger partial charge < -0.3 is 9.47 Å². The molecule has 1 aromatic rings. The second-order valence-electron chi connectivity index (χ2n) is 3.72. The van der Waals surface area contributed by atoms with E-state index in [4.69, 9.17) is 9.47 Å². The highest BCUT2D eigenvalue weighted by Crippen LogP contribution is 2.26. The zero-order valence-corrected chi connectivity index (χ0v) is 8.75. The van der Waals surface area contributed by atoms with E-state index in [1.165, 1.54) is 16.7 Å². The quantitative estimate of drug-likeness (QED) is 0.681. The molecular weight excluding hydrogens is 176 g/mol. The second-order valence-corrected chi connectivity index (χ2v) is 3.72. The molecule has 0 N–H and O–H groups in total. The molecule has 0 atom stereocenters. The molecule has 2 heteroatoms. The van der Waals surface area contributed by atoms with Crippen molar-refractivity contribution >= 4 is 0 Å². The van der Waals surface area contributed by atoms with Crippen LogP contribution in [-0.4, -0.2) is 13.2 Å². The molecule has 0 radical (unpaired) electrons. The molecule has 1 heterocycles. The van der Waals surface area contributed by atoms with Crippen molar-refractivity contribution in [2.45, 2.75) is 26.6 Å². The molecule has 0 spiro atoms. The Labute approximate surface area is 84.8 Å². The van der Waals surface area contributed by atoms with Crippen LogP contribution in [0.25, 0.3) is 0 Å². The van der Waals surface area contributed by atoms with Gasteiger partial charge in [-0.1, -0.05) is 18.2 Å². The summed E-state index contributed by atoms with van der Waals surface area (Å²) in [7, 11) is 0. The van der Waals surface area contributed by atoms with E-state index < -0.39 is 0 Å². The van der Waals surface area contributed by atoms with Gasteiger partial charge in [0.05, 0.1) is 13.2 Å². The lowest BCUT2D eigenvalue weighted by atomic mass is 10.0. The van der Waals surface area contributed by atoms with Crippen LogP contribution in [0.3, 0.4) is 0 Å². The third kappa shape index (κ3) is 1.81. The third-order valence-electron chi connectivity index (χ3n) is 2.73. The van der Waals surface area contributed by atoms with E-state index in [2.05, 4.69) is 32.0 Å². The van der Waals surface area contributed by atoms with E-state index >= 15 is 0 Å². The molecular formula is C12H16O2. The zero-order valence-electron chi connectivity index (χ0n) is 8.75. The Morgan fingerprint density at radius 1 is 1.14 bits per heavy atom. The largest absolute Gasteiger partial charge is 0.348 e. The molecule has 0 unspecified atom stereocenters. The van der Waals surface area contributed by atoms with Crippen LogP contribution in [0, 0.1) is 13.8 Å². The monoisotopic (exact) mass is 192 g/mol. The van der Waals surface area contributed by atoms with E-state index in [0.717, 1.165) is 19.6 Å². The molecule has 1 saturated heterocycles. The molecule has 2 rings (SSSR count). The first kappa shape index (κ1) is 9.69. The fourth-order valence-corrected chi connectivity index (χ4v) is 1.70. The van der Waals surface area contributed by atoms with Crippen molar-refractivity contribution in [2.75, 3.05) is 13.2 Å². The SMILES string of the molecule is Cc1cccc(C2OCCCO2)c1C. The smallest absolute Gasteiger partial charge is 0.184 e. The fraction of sp³-hybridized carbons (Fsp3) is 0.500. The summed E-state index contributed by atoms with van der Waals surface area (Å²) in [6.45, 7) is 5.84. The number of aryl methyl sites for hydroxylation is 1. The van der Waals surface area contributed by atoms with Crippen LogP contribution >= 0.6 is 0 Å². The first-order valence-corrected chi connectivity index (χ1v) is 5.08. The zero-order chi connectivity index (χ0) is 9.97. The molecule has 0 saturated carbocycles. The average Bonchev–Trinajstić information content (AvgIpc) is 2.23. The summed E-state index contributed by atoms with van der Waals surface area (Å²) >= 11 is 0. The van der Waals surface area contributed by atoms with E-state index in [-0.39, 0.29) is 6.29 Å². The van der Waals surface area contributed by atoms with E-state index in [1.807, 2.05) is 0 Å². The molecule has 0 bridgehead atoms. The van der Waals surface area contributed by atoms with Crippen LogP contribution in [0.15, 0.2) is 18.2 Å². The Hall–Kier alpha value is -0.860. The van der Waals surface area contributed by atoms with Gasteiger partial charge >= 0.3 is 0 Å². The van der Waals surface area contributed by atoms with Gasteiger partial charge in [-0.3, -0.25) is 0 Å². The minimum absolute atomic E-state index is 0.149. The van der Waals surface area contributed by atoms with Crippen LogP contribution in [0.4, 0.5) is 0 Å². The van der Waals surface area contributed by atoms with Gasteiger partial charge in [-0.05, 0) is 31.4 Å². The summed E-state index contributed by atoms with van der Waals surface area (Å²) < 4.78 is 11.2. The molecule has 0 aliphatic carbocycles. The van der Waals surface area contributed by atoms with Crippen LogP contribution in [0.5, 0.6) is 0 Å². The van der Waals surface area contributed by atoms with Gasteiger partial charge in [0.25, 0.3) is 0 Å². The number of ether oxygens (including phenoxy) is 2. The van der Waals surface area contributed by atoms with Gasteiger partial charge in [-0.15, -0.1) is 0 Å². The van der Waals surface area contributed by atoms with Crippen molar-refractivity contribution in [3.63, 3.8) is 0 Å². The van der Waals surface area contributed by atoms with Gasteiger partial charge in [0.15, 0.2) is 6.29 Å². The van der Waals surface area contributed by atoms with Crippen molar-refractivity contribution in [1.82, 2.24) is 0 Å². The number of rotatable bonds is 1. The topological polar surface area (TPSA) is 18.5 Å². The molecule has 14 heavy (non-hydrogen) atoms. The van der Waals surface area contributed by atoms with Gasteiger partial charge in [-0.2, -0.15) is 0 Å². The molecule has 0 aromatic heterocycles. The summed E-state index contributed by atoms with van der Waals surface area (Å²) in [4.78, 5) is 0. The maximum atomic E-state index is 5.58. The van der Waals surface area contributed by atoms with Gasteiger partial charge in [-0.25, -0.2) is 0 Å². The van der Waals surface area contributed by atoms with Crippen molar-refractivity contribution in [2.24, 2.45) is 0 Å².